The standard InChI is InChI=1S/C22H19N5O3/c1-13-4-5-16(24-8-13)17-7-15-21(20(26-17)14-3-2-6-23-9-14)25-12-27(22(15)29)18-10-30-11-19(18)28/h2-9,12,18-19,28H,10-11H2,1H3/t18-,19-/m0/s1. The van der Waals surface area contributed by atoms with Crippen molar-refractivity contribution in [3.63, 3.8) is 0 Å². The van der Waals surface area contributed by atoms with Crippen molar-refractivity contribution >= 4 is 10.9 Å². The molecule has 0 amide bonds. The van der Waals surface area contributed by atoms with Crippen LogP contribution in [0.3, 0.4) is 0 Å². The molecule has 30 heavy (non-hydrogen) atoms. The molecule has 0 aromatic carbocycles. The van der Waals surface area contributed by atoms with E-state index in [1.807, 2.05) is 31.2 Å². The number of rotatable bonds is 3. The first-order chi connectivity index (χ1) is 14.6. The summed E-state index contributed by atoms with van der Waals surface area (Å²) in [6, 6.07) is 8.76. The van der Waals surface area contributed by atoms with Crippen LogP contribution in [0.5, 0.6) is 0 Å². The van der Waals surface area contributed by atoms with Crippen molar-refractivity contribution in [3.8, 4) is 22.6 Å². The highest BCUT2D eigenvalue weighted by Gasteiger charge is 2.29. The van der Waals surface area contributed by atoms with Crippen LogP contribution in [0, 0.1) is 6.92 Å². The van der Waals surface area contributed by atoms with Crippen molar-refractivity contribution < 1.29 is 9.84 Å². The highest BCUT2D eigenvalue weighted by molar-refractivity contribution is 5.93. The van der Waals surface area contributed by atoms with Gasteiger partial charge in [-0.2, -0.15) is 0 Å². The van der Waals surface area contributed by atoms with Gasteiger partial charge < -0.3 is 9.84 Å². The number of fused-ring (bicyclic) bond motifs is 1. The highest BCUT2D eigenvalue weighted by atomic mass is 16.5. The van der Waals surface area contributed by atoms with E-state index in [1.54, 1.807) is 24.7 Å². The Morgan fingerprint density at radius 3 is 2.73 bits per heavy atom. The second kappa shape index (κ2) is 7.40. The van der Waals surface area contributed by atoms with E-state index in [-0.39, 0.29) is 18.8 Å². The molecule has 1 saturated heterocycles. The molecule has 0 bridgehead atoms. The van der Waals surface area contributed by atoms with E-state index in [2.05, 4.69) is 15.0 Å². The summed E-state index contributed by atoms with van der Waals surface area (Å²) in [6.07, 6.45) is 5.84. The molecule has 1 aliphatic heterocycles. The van der Waals surface area contributed by atoms with Crippen LogP contribution in [-0.4, -0.2) is 48.9 Å². The molecule has 0 radical (unpaired) electrons. The van der Waals surface area contributed by atoms with E-state index in [0.29, 0.717) is 28.0 Å². The Hall–Kier alpha value is -3.49. The molecule has 0 aliphatic carbocycles. The van der Waals surface area contributed by atoms with Crippen LogP contribution >= 0.6 is 0 Å². The van der Waals surface area contributed by atoms with Gasteiger partial charge >= 0.3 is 0 Å². The van der Waals surface area contributed by atoms with E-state index in [9.17, 15) is 9.90 Å². The Kier molecular flexibility index (Phi) is 4.57. The van der Waals surface area contributed by atoms with Crippen LogP contribution in [0.2, 0.25) is 0 Å². The van der Waals surface area contributed by atoms with Crippen molar-refractivity contribution in [2.45, 2.75) is 19.1 Å². The maximum atomic E-state index is 13.4. The highest BCUT2D eigenvalue weighted by Crippen LogP contribution is 2.28. The van der Waals surface area contributed by atoms with Crippen molar-refractivity contribution in [1.29, 1.82) is 0 Å². The second-order valence-electron chi connectivity index (χ2n) is 7.34. The van der Waals surface area contributed by atoms with E-state index in [0.717, 1.165) is 11.1 Å². The summed E-state index contributed by atoms with van der Waals surface area (Å²) in [7, 11) is 0. The average molecular weight is 401 g/mol. The number of aliphatic hydroxyl groups is 1. The molecule has 2 atom stereocenters. The van der Waals surface area contributed by atoms with Gasteiger partial charge in [0.05, 0.1) is 48.1 Å². The summed E-state index contributed by atoms with van der Waals surface area (Å²) < 4.78 is 6.76. The molecule has 0 unspecified atom stereocenters. The zero-order valence-corrected chi connectivity index (χ0v) is 16.3. The largest absolute Gasteiger partial charge is 0.388 e. The fourth-order valence-electron chi connectivity index (χ4n) is 3.63. The Balaban J connectivity index is 1.78. The Bertz CT molecular complexity index is 1270. The van der Waals surface area contributed by atoms with Gasteiger partial charge in [0.1, 0.15) is 11.6 Å². The lowest BCUT2D eigenvalue weighted by Gasteiger charge is -2.17. The molecule has 150 valence electrons. The molecule has 8 nitrogen and oxygen atoms in total. The molecule has 0 spiro atoms. The van der Waals surface area contributed by atoms with Crippen molar-refractivity contribution in [2.75, 3.05) is 13.2 Å². The minimum absolute atomic E-state index is 0.199. The van der Waals surface area contributed by atoms with Crippen molar-refractivity contribution in [3.05, 3.63) is 71.2 Å². The van der Waals surface area contributed by atoms with Gasteiger partial charge in [-0.25, -0.2) is 9.97 Å². The van der Waals surface area contributed by atoms with E-state index in [1.165, 1.54) is 10.9 Å². The van der Waals surface area contributed by atoms with Gasteiger partial charge in [0.25, 0.3) is 5.56 Å². The van der Waals surface area contributed by atoms with Gasteiger partial charge in [-0.1, -0.05) is 6.07 Å². The molecular formula is C22H19N5O3. The molecular weight excluding hydrogens is 382 g/mol. The summed E-state index contributed by atoms with van der Waals surface area (Å²) >= 11 is 0. The Morgan fingerprint density at radius 1 is 1.13 bits per heavy atom. The number of aryl methyl sites for hydroxylation is 1. The van der Waals surface area contributed by atoms with Crippen molar-refractivity contribution in [2.24, 2.45) is 0 Å². The zero-order chi connectivity index (χ0) is 20.7. The van der Waals surface area contributed by atoms with Crippen LogP contribution < -0.4 is 5.56 Å². The summed E-state index contributed by atoms with van der Waals surface area (Å²) in [5.41, 5.74) is 3.80. The topological polar surface area (TPSA) is 103 Å². The molecule has 4 aromatic heterocycles. The van der Waals surface area contributed by atoms with Crippen LogP contribution in [0.15, 0.2) is 60.0 Å². The average Bonchev–Trinajstić information content (AvgIpc) is 3.20. The van der Waals surface area contributed by atoms with Crippen LogP contribution in [0.25, 0.3) is 33.5 Å². The molecule has 1 aliphatic rings. The molecule has 4 aromatic rings. The lowest BCUT2D eigenvalue weighted by atomic mass is 10.1. The molecule has 5 heterocycles. The number of hydrogen-bond acceptors (Lipinski definition) is 7. The smallest absolute Gasteiger partial charge is 0.261 e. The third kappa shape index (κ3) is 3.16. The van der Waals surface area contributed by atoms with Crippen LogP contribution in [0.4, 0.5) is 0 Å². The molecule has 5 rings (SSSR count). The third-order valence-electron chi connectivity index (χ3n) is 5.26. The predicted octanol–water partition coefficient (Wildman–Crippen LogP) is 2.16. The van der Waals surface area contributed by atoms with Gasteiger partial charge in [-0.05, 0) is 36.8 Å². The zero-order valence-electron chi connectivity index (χ0n) is 16.3. The fraction of sp³-hybridized carbons (Fsp3) is 0.227. The monoisotopic (exact) mass is 401 g/mol. The lowest BCUT2D eigenvalue weighted by molar-refractivity contribution is 0.119. The quantitative estimate of drug-likeness (QED) is 0.561. The fourth-order valence-corrected chi connectivity index (χ4v) is 3.63. The number of pyridine rings is 3. The first-order valence-corrected chi connectivity index (χ1v) is 9.63. The second-order valence-corrected chi connectivity index (χ2v) is 7.34. The van der Waals surface area contributed by atoms with Gasteiger partial charge in [-0.3, -0.25) is 19.3 Å². The normalized spacial score (nSPS) is 18.7. The maximum Gasteiger partial charge on any atom is 0.261 e. The van der Waals surface area contributed by atoms with Gasteiger partial charge in [0.15, 0.2) is 0 Å². The number of ether oxygens (including phenoxy) is 1. The number of hydrogen-bond donors (Lipinski definition) is 1. The van der Waals surface area contributed by atoms with Crippen LogP contribution in [-0.2, 0) is 4.74 Å². The molecule has 0 saturated carbocycles. The lowest BCUT2D eigenvalue weighted by Crippen LogP contribution is -2.32. The Morgan fingerprint density at radius 2 is 2.03 bits per heavy atom. The minimum atomic E-state index is -0.750. The molecule has 1 fully saturated rings. The first kappa shape index (κ1) is 18.5. The van der Waals surface area contributed by atoms with Gasteiger partial charge in [0.2, 0.25) is 0 Å². The number of aromatic nitrogens is 5. The predicted molar refractivity (Wildman–Crippen MR) is 111 cm³/mol. The van der Waals surface area contributed by atoms with Gasteiger partial charge in [-0.15, -0.1) is 0 Å². The van der Waals surface area contributed by atoms with E-state index >= 15 is 0 Å². The number of aliphatic hydroxyl groups excluding tert-OH is 1. The summed E-state index contributed by atoms with van der Waals surface area (Å²) in [6.45, 7) is 2.43. The van der Waals surface area contributed by atoms with Crippen LogP contribution in [0.1, 0.15) is 11.6 Å². The SMILES string of the molecule is Cc1ccc(-c2cc3c(=O)n([C@H]4COC[C@@H]4O)cnc3c(-c3cccnc3)n2)nc1. The van der Waals surface area contributed by atoms with Gasteiger partial charge in [0, 0.05) is 24.2 Å². The summed E-state index contributed by atoms with van der Waals surface area (Å²) in [5.74, 6) is 0. The van der Waals surface area contributed by atoms with E-state index < -0.39 is 12.1 Å². The number of nitrogens with zero attached hydrogens (tertiary/aromatic N) is 5. The summed E-state index contributed by atoms with van der Waals surface area (Å²) in [4.78, 5) is 31.3. The minimum Gasteiger partial charge on any atom is -0.388 e. The van der Waals surface area contributed by atoms with Crippen molar-refractivity contribution in [1.82, 2.24) is 24.5 Å². The molecule has 1 N–H and O–H groups in total. The summed E-state index contributed by atoms with van der Waals surface area (Å²) in [5, 5.41) is 10.6. The molecule has 8 heteroatoms. The third-order valence-corrected chi connectivity index (χ3v) is 5.26. The van der Waals surface area contributed by atoms with E-state index in [4.69, 9.17) is 9.72 Å². The maximum absolute atomic E-state index is 13.4. The Labute approximate surface area is 171 Å². The first-order valence-electron chi connectivity index (χ1n) is 9.63.